The molecule has 1 aromatic carbocycles. The zero-order valence-electron chi connectivity index (χ0n) is 13.8. The number of halogens is 2. The number of hydrogen-bond acceptors (Lipinski definition) is 4. The molecule has 0 unspecified atom stereocenters. The summed E-state index contributed by atoms with van der Waals surface area (Å²) in [5.74, 6) is -0.979. The van der Waals surface area contributed by atoms with Crippen LogP contribution in [0.15, 0.2) is 30.3 Å². The van der Waals surface area contributed by atoms with Gasteiger partial charge in [0.15, 0.2) is 0 Å². The molecule has 0 radical (unpaired) electrons. The van der Waals surface area contributed by atoms with Crippen LogP contribution < -0.4 is 10.1 Å². The van der Waals surface area contributed by atoms with Gasteiger partial charge >= 0.3 is 12.6 Å². The van der Waals surface area contributed by atoms with E-state index < -0.39 is 24.5 Å². The van der Waals surface area contributed by atoms with Gasteiger partial charge in [-0.1, -0.05) is 32.4 Å². The molecule has 0 bridgehead atoms. The zero-order chi connectivity index (χ0) is 18.1. The average Bonchev–Trinajstić information content (AvgIpc) is 2.57. The Morgan fingerprint density at radius 1 is 1.25 bits per heavy atom. The van der Waals surface area contributed by atoms with Crippen LogP contribution in [0.2, 0.25) is 0 Å². The largest absolute Gasteiger partial charge is 0.467 e. The van der Waals surface area contributed by atoms with Crippen molar-refractivity contribution in [2.75, 3.05) is 7.11 Å². The maximum absolute atomic E-state index is 12.1. The number of methoxy groups -OCH3 is 1. The summed E-state index contributed by atoms with van der Waals surface area (Å²) in [6.07, 6.45) is 3.48. The van der Waals surface area contributed by atoms with Crippen LogP contribution in [0.5, 0.6) is 5.75 Å². The van der Waals surface area contributed by atoms with E-state index in [1.54, 1.807) is 0 Å². The van der Waals surface area contributed by atoms with Crippen LogP contribution in [0, 0.1) is 5.92 Å². The molecule has 0 spiro atoms. The van der Waals surface area contributed by atoms with Gasteiger partial charge in [0.25, 0.3) is 0 Å². The summed E-state index contributed by atoms with van der Waals surface area (Å²) in [5, 5.41) is 2.60. The van der Waals surface area contributed by atoms with Gasteiger partial charge in [-0.25, -0.2) is 4.79 Å². The Hall–Kier alpha value is -2.44. The Balaban J connectivity index is 2.68. The van der Waals surface area contributed by atoms with Crippen LogP contribution in [-0.4, -0.2) is 31.6 Å². The molecule has 132 valence electrons. The minimum Gasteiger partial charge on any atom is -0.467 e. The Bertz CT molecular complexity index is 572. The van der Waals surface area contributed by atoms with Crippen molar-refractivity contribution < 1.29 is 27.8 Å². The average molecular weight is 341 g/mol. The van der Waals surface area contributed by atoms with E-state index in [1.807, 2.05) is 13.8 Å². The first-order chi connectivity index (χ1) is 11.4. The normalized spacial score (nSPS) is 13.6. The molecule has 1 aromatic rings. The second-order valence-corrected chi connectivity index (χ2v) is 5.18. The van der Waals surface area contributed by atoms with Crippen molar-refractivity contribution in [1.82, 2.24) is 5.32 Å². The third kappa shape index (κ3) is 6.36. The van der Waals surface area contributed by atoms with Crippen molar-refractivity contribution in [1.29, 1.82) is 0 Å². The summed E-state index contributed by atoms with van der Waals surface area (Å²) in [7, 11) is 1.27. The van der Waals surface area contributed by atoms with Gasteiger partial charge < -0.3 is 14.8 Å². The van der Waals surface area contributed by atoms with Gasteiger partial charge in [0.2, 0.25) is 5.91 Å². The molecule has 0 saturated carbocycles. The maximum atomic E-state index is 12.1. The fraction of sp³-hybridized carbons (Fsp3) is 0.412. The standard InChI is InChI=1S/C17H21F2NO4/c1-4-11(2)15(16(22)23-3)20-14(21)10-7-12-5-8-13(9-6-12)24-17(18)19/h5-11,15,17H,4H2,1-3H3,(H,20,21)/b10-7+/t11-,15-/m1/s1. The lowest BCUT2D eigenvalue weighted by molar-refractivity contribution is -0.146. The number of rotatable bonds is 8. The zero-order valence-corrected chi connectivity index (χ0v) is 13.8. The highest BCUT2D eigenvalue weighted by Crippen LogP contribution is 2.15. The van der Waals surface area contributed by atoms with Crippen LogP contribution in [0.25, 0.3) is 6.08 Å². The molecule has 7 heteroatoms. The van der Waals surface area contributed by atoms with Gasteiger partial charge in [-0.15, -0.1) is 0 Å². The molecule has 1 rings (SSSR count). The maximum Gasteiger partial charge on any atom is 0.387 e. The number of esters is 1. The van der Waals surface area contributed by atoms with Crippen molar-refractivity contribution in [2.45, 2.75) is 32.9 Å². The van der Waals surface area contributed by atoms with Gasteiger partial charge in [-0.2, -0.15) is 8.78 Å². The molecule has 0 aliphatic rings. The summed E-state index contributed by atoms with van der Waals surface area (Å²) in [6.45, 7) is 0.867. The predicted octanol–water partition coefficient (Wildman–Crippen LogP) is 3.01. The SMILES string of the molecule is CC[C@@H](C)[C@@H](NC(=O)/C=C/c1ccc(OC(F)F)cc1)C(=O)OC. The molecular formula is C17H21F2NO4. The van der Waals surface area contributed by atoms with Crippen LogP contribution in [0.1, 0.15) is 25.8 Å². The number of hydrogen-bond donors (Lipinski definition) is 1. The lowest BCUT2D eigenvalue weighted by Gasteiger charge is -2.20. The summed E-state index contributed by atoms with van der Waals surface area (Å²) >= 11 is 0. The fourth-order valence-electron chi connectivity index (χ4n) is 1.93. The second-order valence-electron chi connectivity index (χ2n) is 5.18. The highest BCUT2D eigenvalue weighted by atomic mass is 19.3. The monoisotopic (exact) mass is 341 g/mol. The number of carbonyl (C=O) groups excluding carboxylic acids is 2. The van der Waals surface area contributed by atoms with Crippen molar-refractivity contribution in [3.8, 4) is 5.75 Å². The molecular weight excluding hydrogens is 320 g/mol. The molecule has 0 aliphatic carbocycles. The van der Waals surface area contributed by atoms with Crippen LogP contribution in [0.3, 0.4) is 0 Å². The molecule has 5 nitrogen and oxygen atoms in total. The Labute approximate surface area is 139 Å². The summed E-state index contributed by atoms with van der Waals surface area (Å²) in [5.41, 5.74) is 0.630. The summed E-state index contributed by atoms with van der Waals surface area (Å²) in [4.78, 5) is 23.7. The van der Waals surface area contributed by atoms with E-state index >= 15 is 0 Å². The number of carbonyl (C=O) groups is 2. The van der Waals surface area contributed by atoms with Crippen molar-refractivity contribution >= 4 is 18.0 Å². The van der Waals surface area contributed by atoms with Gasteiger partial charge in [0.1, 0.15) is 11.8 Å². The van der Waals surface area contributed by atoms with Crippen molar-refractivity contribution in [3.63, 3.8) is 0 Å². The molecule has 2 atom stereocenters. The van der Waals surface area contributed by atoms with Crippen LogP contribution in [0.4, 0.5) is 8.78 Å². The molecule has 0 heterocycles. The fourth-order valence-corrected chi connectivity index (χ4v) is 1.93. The van der Waals surface area contributed by atoms with Gasteiger partial charge in [0, 0.05) is 6.08 Å². The van der Waals surface area contributed by atoms with Gasteiger partial charge in [-0.3, -0.25) is 4.79 Å². The topological polar surface area (TPSA) is 64.6 Å². The molecule has 0 aromatic heterocycles. The number of benzene rings is 1. The van der Waals surface area contributed by atoms with Crippen LogP contribution >= 0.6 is 0 Å². The predicted molar refractivity (Wildman–Crippen MR) is 85.5 cm³/mol. The van der Waals surface area contributed by atoms with Gasteiger partial charge in [-0.05, 0) is 29.7 Å². The molecule has 0 saturated heterocycles. The molecule has 24 heavy (non-hydrogen) atoms. The number of ether oxygens (including phenoxy) is 2. The third-order valence-electron chi connectivity index (χ3n) is 3.50. The highest BCUT2D eigenvalue weighted by Gasteiger charge is 2.25. The minimum absolute atomic E-state index is 0.0362. The minimum atomic E-state index is -2.88. The number of alkyl halides is 2. The number of nitrogens with one attached hydrogen (secondary N) is 1. The van der Waals surface area contributed by atoms with Crippen molar-refractivity contribution in [2.24, 2.45) is 5.92 Å². The van der Waals surface area contributed by atoms with Crippen LogP contribution in [-0.2, 0) is 14.3 Å². The first kappa shape index (κ1) is 19.6. The van der Waals surface area contributed by atoms with E-state index in [4.69, 9.17) is 4.74 Å². The molecule has 0 aliphatic heterocycles. The first-order valence-electron chi connectivity index (χ1n) is 7.48. The number of amides is 1. The van der Waals surface area contributed by atoms with E-state index in [0.29, 0.717) is 12.0 Å². The quantitative estimate of drug-likeness (QED) is 0.583. The highest BCUT2D eigenvalue weighted by molar-refractivity contribution is 5.94. The lowest BCUT2D eigenvalue weighted by Crippen LogP contribution is -2.45. The van der Waals surface area contributed by atoms with E-state index in [9.17, 15) is 18.4 Å². The smallest absolute Gasteiger partial charge is 0.387 e. The lowest BCUT2D eigenvalue weighted by atomic mass is 9.99. The van der Waals surface area contributed by atoms with E-state index in [-0.39, 0.29) is 11.7 Å². The summed E-state index contributed by atoms with van der Waals surface area (Å²) in [6, 6.07) is 5.10. The summed E-state index contributed by atoms with van der Waals surface area (Å²) < 4.78 is 33.0. The molecule has 0 fully saturated rings. The first-order valence-corrected chi connectivity index (χ1v) is 7.48. The molecule has 1 amide bonds. The molecule has 1 N–H and O–H groups in total. The Morgan fingerprint density at radius 2 is 1.88 bits per heavy atom. The van der Waals surface area contributed by atoms with Gasteiger partial charge in [0.05, 0.1) is 7.11 Å². The second kappa shape index (κ2) is 9.64. The Kier molecular flexibility index (Phi) is 7.88. The van der Waals surface area contributed by atoms with E-state index in [2.05, 4.69) is 10.1 Å². The van der Waals surface area contributed by atoms with E-state index in [1.165, 1.54) is 43.5 Å². The van der Waals surface area contributed by atoms with E-state index in [0.717, 1.165) is 0 Å². The Morgan fingerprint density at radius 3 is 2.38 bits per heavy atom. The third-order valence-corrected chi connectivity index (χ3v) is 3.50. The van der Waals surface area contributed by atoms with Crippen molar-refractivity contribution in [3.05, 3.63) is 35.9 Å².